The van der Waals surface area contributed by atoms with Crippen LogP contribution in [-0.4, -0.2) is 15.0 Å². The Morgan fingerprint density at radius 2 is 1.20 bits per heavy atom. The first-order valence-electron chi connectivity index (χ1n) is 15.3. The molecule has 0 aliphatic heterocycles. The smallest absolute Gasteiger partial charge is 0.165 e. The summed E-state index contributed by atoms with van der Waals surface area (Å²) in [5.41, 5.74) is 9.13. The molecule has 2 aliphatic rings. The first-order chi connectivity index (χ1) is 22.3. The second-order valence-electron chi connectivity index (χ2n) is 11.5. The summed E-state index contributed by atoms with van der Waals surface area (Å²) < 4.78 is 6.38. The number of aromatic nitrogens is 3. The number of hydrogen-bond donors (Lipinski definition) is 0. The van der Waals surface area contributed by atoms with Crippen molar-refractivity contribution in [3.05, 3.63) is 169 Å². The summed E-state index contributed by atoms with van der Waals surface area (Å²) in [7, 11) is 0. The zero-order valence-corrected chi connectivity index (χ0v) is 24.3. The van der Waals surface area contributed by atoms with Gasteiger partial charge in [-0.3, -0.25) is 0 Å². The first kappa shape index (κ1) is 25.6. The molecule has 5 aromatic carbocycles. The van der Waals surface area contributed by atoms with Crippen LogP contribution in [0.5, 0.6) is 0 Å². The number of benzene rings is 5. The topological polar surface area (TPSA) is 51.8 Å². The molecule has 0 radical (unpaired) electrons. The zero-order valence-electron chi connectivity index (χ0n) is 24.3. The Bertz CT molecular complexity index is 2330. The SMILES string of the molecule is C1=CC2C=C(c3nc(-c4ccccc4)nc(-c4c(-c5ccccc5)ccc5oc6ccccc6c45)n3)c3ccccc3C2C=C1. The number of para-hydroxylation sites is 1. The van der Waals surface area contributed by atoms with Crippen LogP contribution >= 0.6 is 0 Å². The lowest BCUT2D eigenvalue weighted by Crippen LogP contribution is -2.17. The van der Waals surface area contributed by atoms with Crippen LogP contribution in [0.4, 0.5) is 0 Å². The summed E-state index contributed by atoms with van der Waals surface area (Å²) >= 11 is 0. The van der Waals surface area contributed by atoms with Crippen molar-refractivity contribution in [2.75, 3.05) is 0 Å². The molecule has 45 heavy (non-hydrogen) atoms. The Morgan fingerprint density at radius 3 is 2.07 bits per heavy atom. The molecule has 4 nitrogen and oxygen atoms in total. The number of rotatable bonds is 4. The van der Waals surface area contributed by atoms with Gasteiger partial charge in [-0.15, -0.1) is 0 Å². The summed E-state index contributed by atoms with van der Waals surface area (Å²) in [6, 6.07) is 41.6. The highest BCUT2D eigenvalue weighted by molar-refractivity contribution is 6.15. The van der Waals surface area contributed by atoms with Gasteiger partial charge in [0, 0.05) is 39.3 Å². The minimum atomic E-state index is 0.224. The van der Waals surface area contributed by atoms with Crippen LogP contribution < -0.4 is 0 Å². The Kier molecular flexibility index (Phi) is 5.91. The molecule has 0 saturated carbocycles. The Balaban J connectivity index is 1.37. The Morgan fingerprint density at radius 1 is 0.511 bits per heavy atom. The van der Waals surface area contributed by atoms with Gasteiger partial charge in [0.25, 0.3) is 0 Å². The van der Waals surface area contributed by atoms with Crippen molar-refractivity contribution in [1.82, 2.24) is 15.0 Å². The molecule has 2 aliphatic carbocycles. The van der Waals surface area contributed by atoms with Gasteiger partial charge in [0.2, 0.25) is 0 Å². The molecular weight excluding hydrogens is 550 g/mol. The maximum absolute atomic E-state index is 6.38. The van der Waals surface area contributed by atoms with E-state index < -0.39 is 0 Å². The van der Waals surface area contributed by atoms with E-state index in [-0.39, 0.29) is 5.92 Å². The number of hydrogen-bond acceptors (Lipinski definition) is 4. The highest BCUT2D eigenvalue weighted by Crippen LogP contribution is 2.45. The van der Waals surface area contributed by atoms with Crippen molar-refractivity contribution in [3.8, 4) is 33.9 Å². The second kappa shape index (κ2) is 10.4. The van der Waals surface area contributed by atoms with Crippen molar-refractivity contribution >= 4 is 27.5 Å². The predicted molar refractivity (Wildman–Crippen MR) is 181 cm³/mol. The molecule has 2 atom stereocenters. The normalized spacial score (nSPS) is 16.8. The zero-order chi connectivity index (χ0) is 29.7. The van der Waals surface area contributed by atoms with Crippen LogP contribution in [0.3, 0.4) is 0 Å². The Labute approximate surface area is 260 Å². The van der Waals surface area contributed by atoms with Crippen molar-refractivity contribution in [1.29, 1.82) is 0 Å². The van der Waals surface area contributed by atoms with Gasteiger partial charge in [-0.2, -0.15) is 0 Å². The molecule has 212 valence electrons. The maximum atomic E-state index is 6.38. The molecule has 0 bridgehead atoms. The minimum absolute atomic E-state index is 0.224. The molecule has 0 fully saturated rings. The van der Waals surface area contributed by atoms with Gasteiger partial charge in [-0.1, -0.05) is 134 Å². The fourth-order valence-corrected chi connectivity index (χ4v) is 6.84. The average Bonchev–Trinajstić information content (AvgIpc) is 3.50. The third-order valence-electron chi connectivity index (χ3n) is 8.91. The predicted octanol–water partition coefficient (Wildman–Crippen LogP) is 10.0. The van der Waals surface area contributed by atoms with Gasteiger partial charge >= 0.3 is 0 Å². The molecule has 2 unspecified atom stereocenters. The number of allylic oxidation sites excluding steroid dienone is 5. The van der Waals surface area contributed by atoms with Crippen molar-refractivity contribution in [2.45, 2.75) is 5.92 Å². The van der Waals surface area contributed by atoms with E-state index in [4.69, 9.17) is 19.4 Å². The summed E-state index contributed by atoms with van der Waals surface area (Å²) in [5, 5.41) is 2.04. The molecule has 4 heteroatoms. The van der Waals surface area contributed by atoms with Crippen LogP contribution in [-0.2, 0) is 0 Å². The van der Waals surface area contributed by atoms with Gasteiger partial charge in [0.15, 0.2) is 17.5 Å². The van der Waals surface area contributed by atoms with E-state index in [2.05, 4.69) is 115 Å². The maximum Gasteiger partial charge on any atom is 0.165 e. The molecule has 7 aromatic rings. The average molecular weight is 578 g/mol. The summed E-state index contributed by atoms with van der Waals surface area (Å²) in [4.78, 5) is 15.7. The van der Waals surface area contributed by atoms with Crippen molar-refractivity contribution < 1.29 is 4.42 Å². The molecule has 0 N–H and O–H groups in total. The van der Waals surface area contributed by atoms with E-state index in [1.807, 2.05) is 36.4 Å². The highest BCUT2D eigenvalue weighted by atomic mass is 16.3. The molecule has 9 rings (SSSR count). The lowest BCUT2D eigenvalue weighted by molar-refractivity contribution is 0.669. The first-order valence-corrected chi connectivity index (χ1v) is 15.3. The van der Waals surface area contributed by atoms with E-state index in [0.717, 1.165) is 55.3 Å². The van der Waals surface area contributed by atoms with Gasteiger partial charge in [0.05, 0.1) is 0 Å². The van der Waals surface area contributed by atoms with Crippen LogP contribution in [0.25, 0.3) is 61.4 Å². The van der Waals surface area contributed by atoms with E-state index in [1.54, 1.807) is 0 Å². The van der Waals surface area contributed by atoms with Gasteiger partial charge in [-0.25, -0.2) is 15.0 Å². The van der Waals surface area contributed by atoms with Crippen LogP contribution in [0.15, 0.2) is 156 Å². The summed E-state index contributed by atoms with van der Waals surface area (Å²) in [5.74, 6) is 2.44. The van der Waals surface area contributed by atoms with E-state index in [1.165, 1.54) is 5.56 Å². The van der Waals surface area contributed by atoms with Gasteiger partial charge in [-0.05, 0) is 40.5 Å². The van der Waals surface area contributed by atoms with Crippen molar-refractivity contribution in [2.24, 2.45) is 5.92 Å². The fraction of sp³-hybridized carbons (Fsp3) is 0.0488. The van der Waals surface area contributed by atoms with Gasteiger partial charge < -0.3 is 4.42 Å². The molecule has 0 saturated heterocycles. The summed E-state index contributed by atoms with van der Waals surface area (Å²) in [6.07, 6.45) is 11.2. The third-order valence-corrected chi connectivity index (χ3v) is 8.91. The quantitative estimate of drug-likeness (QED) is 0.209. The van der Waals surface area contributed by atoms with Gasteiger partial charge in [0.1, 0.15) is 11.2 Å². The minimum Gasteiger partial charge on any atom is -0.456 e. The largest absolute Gasteiger partial charge is 0.456 e. The number of fused-ring (bicyclic) bond motifs is 6. The fourth-order valence-electron chi connectivity index (χ4n) is 6.84. The molecule has 2 heterocycles. The number of nitrogens with zero attached hydrogens (tertiary/aromatic N) is 3. The third kappa shape index (κ3) is 4.26. The molecule has 2 aromatic heterocycles. The standard InChI is InChI=1S/C41H27N3O/c1-3-13-26(14-4-1)30-23-24-36-37(33-21-11-12-22-35(33)45-36)38(30)41-43-39(27-15-5-2-6-16-27)42-40(44-41)34-25-28-17-7-8-18-29(28)31-19-9-10-20-32(31)34/h1-25,28-29H. The second-order valence-corrected chi connectivity index (χ2v) is 11.5. The molecular formula is C41H27N3O. The van der Waals surface area contributed by atoms with Crippen molar-refractivity contribution in [3.63, 3.8) is 0 Å². The van der Waals surface area contributed by atoms with E-state index in [9.17, 15) is 0 Å². The van der Waals surface area contributed by atoms with Crippen LogP contribution in [0, 0.1) is 5.92 Å². The lowest BCUT2D eigenvalue weighted by atomic mass is 9.74. The lowest BCUT2D eigenvalue weighted by Gasteiger charge is -2.30. The van der Waals surface area contributed by atoms with E-state index in [0.29, 0.717) is 23.4 Å². The van der Waals surface area contributed by atoms with Crippen LogP contribution in [0.2, 0.25) is 0 Å². The summed E-state index contributed by atoms with van der Waals surface area (Å²) in [6.45, 7) is 0. The Hall–Kier alpha value is -5.87. The monoisotopic (exact) mass is 577 g/mol. The molecule has 0 amide bonds. The molecule has 0 spiro atoms. The number of furan rings is 1. The van der Waals surface area contributed by atoms with Crippen LogP contribution in [0.1, 0.15) is 22.9 Å². The van der Waals surface area contributed by atoms with E-state index >= 15 is 0 Å². The highest BCUT2D eigenvalue weighted by Gasteiger charge is 2.30.